The summed E-state index contributed by atoms with van der Waals surface area (Å²) < 4.78 is 0. The quantitative estimate of drug-likeness (QED) is 0.248. The van der Waals surface area contributed by atoms with Crippen LogP contribution in [0.25, 0.3) is 0 Å². The van der Waals surface area contributed by atoms with Crippen molar-refractivity contribution in [2.24, 2.45) is 27.6 Å². The van der Waals surface area contributed by atoms with Crippen LogP contribution in [0.15, 0.2) is 46.0 Å². The average molecular weight is 482 g/mol. The Labute approximate surface area is 203 Å². The lowest BCUT2D eigenvalue weighted by molar-refractivity contribution is -0.142. The normalized spacial score (nSPS) is 17.5. The van der Waals surface area contributed by atoms with Crippen LogP contribution in [0, 0.1) is 11.8 Å². The van der Waals surface area contributed by atoms with Crippen molar-refractivity contribution >= 4 is 35.4 Å². The summed E-state index contributed by atoms with van der Waals surface area (Å²) in [4.78, 5) is 56.0. The lowest BCUT2D eigenvalue weighted by Crippen LogP contribution is -2.47. The fourth-order valence-corrected chi connectivity index (χ4v) is 4.07. The number of carboxylic acid groups (broad SMARTS) is 1. The van der Waals surface area contributed by atoms with Crippen LogP contribution in [0.5, 0.6) is 0 Å². The number of fused-ring (bicyclic) bond motifs is 1. The van der Waals surface area contributed by atoms with Crippen LogP contribution in [-0.4, -0.2) is 47.0 Å². The van der Waals surface area contributed by atoms with E-state index in [1.807, 2.05) is 12.1 Å². The highest BCUT2D eigenvalue weighted by Gasteiger charge is 2.35. The van der Waals surface area contributed by atoms with Gasteiger partial charge in [0, 0.05) is 31.1 Å². The van der Waals surface area contributed by atoms with Gasteiger partial charge in [-0.15, -0.1) is 0 Å². The summed E-state index contributed by atoms with van der Waals surface area (Å²) in [5.74, 6) is -2.29. The number of guanidine groups is 1. The van der Waals surface area contributed by atoms with Gasteiger partial charge >= 0.3 is 5.97 Å². The van der Waals surface area contributed by atoms with Gasteiger partial charge in [-0.1, -0.05) is 37.6 Å². The summed E-state index contributed by atoms with van der Waals surface area (Å²) in [5, 5.41) is 14.8. The van der Waals surface area contributed by atoms with E-state index in [1.165, 1.54) is 0 Å². The van der Waals surface area contributed by atoms with Crippen LogP contribution >= 0.6 is 0 Å². The van der Waals surface area contributed by atoms with Gasteiger partial charge in [0.05, 0.1) is 5.92 Å². The van der Waals surface area contributed by atoms with Gasteiger partial charge in [-0.2, -0.15) is 4.99 Å². The van der Waals surface area contributed by atoms with Crippen molar-refractivity contribution < 1.29 is 24.3 Å². The third-order valence-electron chi connectivity index (χ3n) is 6.12. The molecule has 10 heteroatoms. The molecular formula is C25H31N5O5. The van der Waals surface area contributed by atoms with E-state index in [0.29, 0.717) is 56.5 Å². The first-order chi connectivity index (χ1) is 16.8. The number of amidine groups is 1. The van der Waals surface area contributed by atoms with Gasteiger partial charge in [0.1, 0.15) is 11.8 Å². The van der Waals surface area contributed by atoms with Crippen LogP contribution < -0.4 is 16.4 Å². The predicted octanol–water partition coefficient (Wildman–Crippen LogP) is 1.95. The number of aliphatic imine (C=N–C) groups is 2. The smallest absolute Gasteiger partial charge is 0.306 e. The Morgan fingerprint density at radius 1 is 1.17 bits per heavy atom. The Morgan fingerprint density at radius 2 is 1.91 bits per heavy atom. The summed E-state index contributed by atoms with van der Waals surface area (Å²) in [6.07, 6.45) is 4.93. The van der Waals surface area contributed by atoms with Crippen molar-refractivity contribution in [1.29, 1.82) is 0 Å². The molecule has 186 valence electrons. The topological polar surface area (TPSA) is 163 Å². The molecular weight excluding hydrogens is 450 g/mol. The van der Waals surface area contributed by atoms with Gasteiger partial charge in [0.2, 0.25) is 17.8 Å². The Balaban J connectivity index is 1.47. The van der Waals surface area contributed by atoms with E-state index in [1.54, 1.807) is 25.3 Å². The molecule has 2 atom stereocenters. The number of carbonyl (C=O) groups excluding carboxylic acids is 3. The highest BCUT2D eigenvalue weighted by Crippen LogP contribution is 2.27. The molecule has 1 aromatic rings. The molecule has 1 aromatic carbocycles. The van der Waals surface area contributed by atoms with Crippen molar-refractivity contribution in [1.82, 2.24) is 10.6 Å². The van der Waals surface area contributed by atoms with Gasteiger partial charge < -0.3 is 16.2 Å². The molecule has 0 fully saturated rings. The number of unbranched alkanes of at least 4 members (excludes halogenated alkanes) is 1. The first kappa shape index (κ1) is 25.8. The molecule has 0 saturated carbocycles. The number of benzene rings is 1. The van der Waals surface area contributed by atoms with Crippen LogP contribution in [0.4, 0.5) is 0 Å². The molecule has 10 nitrogen and oxygen atoms in total. The zero-order chi connectivity index (χ0) is 25.4. The zero-order valence-electron chi connectivity index (χ0n) is 19.8. The maximum absolute atomic E-state index is 12.7. The summed E-state index contributed by atoms with van der Waals surface area (Å²) >= 11 is 0. The van der Waals surface area contributed by atoms with Crippen molar-refractivity contribution in [3.05, 3.63) is 47.2 Å². The second-order valence-corrected chi connectivity index (χ2v) is 8.67. The Bertz CT molecular complexity index is 1070. The number of aryl methyl sites for hydroxylation is 1. The molecule has 0 radical (unpaired) electrons. The predicted molar refractivity (Wildman–Crippen MR) is 131 cm³/mol. The fraction of sp³-hybridized carbons (Fsp3) is 0.440. The van der Waals surface area contributed by atoms with Crippen LogP contribution in [-0.2, 0) is 20.8 Å². The number of Topliss-reactive ketones (excluding diaryl/α,β-unsaturated/α-hetero) is 1. The SMILES string of the molecule is CCC(=O)NCCCC[C@H](CC(=O)c1ccc(CCC2=CN=C3N=C(N)NC(=O)C23)cc1)C(=O)O. The maximum atomic E-state index is 12.7. The third-order valence-corrected chi connectivity index (χ3v) is 6.12. The lowest BCUT2D eigenvalue weighted by atomic mass is 9.91. The first-order valence-corrected chi connectivity index (χ1v) is 11.8. The van der Waals surface area contributed by atoms with Crippen molar-refractivity contribution in [2.75, 3.05) is 6.54 Å². The van der Waals surface area contributed by atoms with Gasteiger partial charge in [-0.05, 0) is 36.8 Å². The Morgan fingerprint density at radius 3 is 2.60 bits per heavy atom. The number of carboxylic acids is 1. The number of aliphatic carboxylic acids is 1. The number of hydrogen-bond acceptors (Lipinski definition) is 7. The molecule has 2 heterocycles. The van der Waals surface area contributed by atoms with Gasteiger partial charge in [-0.25, -0.2) is 4.99 Å². The number of hydrogen-bond donors (Lipinski definition) is 4. The minimum atomic E-state index is -0.989. The third kappa shape index (κ3) is 7.08. The Kier molecular flexibility index (Phi) is 8.88. The molecule has 0 bridgehead atoms. The largest absolute Gasteiger partial charge is 0.481 e. The molecule has 0 spiro atoms. The van der Waals surface area contributed by atoms with Crippen molar-refractivity contribution in [3.8, 4) is 0 Å². The number of nitrogens with two attached hydrogens (primary N) is 1. The van der Waals surface area contributed by atoms with E-state index in [0.717, 1.165) is 11.1 Å². The van der Waals surface area contributed by atoms with E-state index in [9.17, 15) is 24.3 Å². The molecule has 2 aliphatic rings. The number of rotatable bonds is 13. The Hall–Kier alpha value is -3.82. The molecule has 0 saturated heterocycles. The minimum absolute atomic E-state index is 0.0321. The molecule has 0 aromatic heterocycles. The highest BCUT2D eigenvalue weighted by molar-refractivity contribution is 6.19. The van der Waals surface area contributed by atoms with E-state index in [2.05, 4.69) is 20.6 Å². The monoisotopic (exact) mass is 481 g/mol. The second kappa shape index (κ2) is 12.0. The van der Waals surface area contributed by atoms with Crippen LogP contribution in [0.1, 0.15) is 61.4 Å². The second-order valence-electron chi connectivity index (χ2n) is 8.67. The molecule has 1 unspecified atom stereocenters. The average Bonchev–Trinajstić information content (AvgIpc) is 3.24. The number of nitrogens with zero attached hydrogens (tertiary/aromatic N) is 2. The van der Waals surface area contributed by atoms with Gasteiger partial charge in [0.15, 0.2) is 5.78 Å². The van der Waals surface area contributed by atoms with E-state index >= 15 is 0 Å². The van der Waals surface area contributed by atoms with E-state index in [4.69, 9.17) is 5.73 Å². The minimum Gasteiger partial charge on any atom is -0.481 e. The highest BCUT2D eigenvalue weighted by atomic mass is 16.4. The summed E-state index contributed by atoms with van der Waals surface area (Å²) in [7, 11) is 0. The number of ketones is 1. The van der Waals surface area contributed by atoms with Crippen LogP contribution in [0.2, 0.25) is 0 Å². The van der Waals surface area contributed by atoms with Gasteiger partial charge in [-0.3, -0.25) is 24.5 Å². The van der Waals surface area contributed by atoms with Gasteiger partial charge in [0.25, 0.3) is 0 Å². The maximum Gasteiger partial charge on any atom is 0.306 e. The summed E-state index contributed by atoms with van der Waals surface area (Å²) in [6, 6.07) is 7.10. The number of nitrogens with one attached hydrogen (secondary N) is 2. The molecule has 35 heavy (non-hydrogen) atoms. The zero-order valence-corrected chi connectivity index (χ0v) is 19.8. The van der Waals surface area contributed by atoms with Crippen molar-refractivity contribution in [3.63, 3.8) is 0 Å². The molecule has 2 aliphatic heterocycles. The first-order valence-electron chi connectivity index (χ1n) is 11.8. The summed E-state index contributed by atoms with van der Waals surface area (Å²) in [5.41, 5.74) is 7.88. The van der Waals surface area contributed by atoms with E-state index < -0.39 is 17.8 Å². The van der Waals surface area contributed by atoms with Crippen molar-refractivity contribution in [2.45, 2.75) is 51.9 Å². The lowest BCUT2D eigenvalue weighted by Gasteiger charge is -2.19. The van der Waals surface area contributed by atoms with Crippen LogP contribution in [0.3, 0.4) is 0 Å². The number of amides is 2. The summed E-state index contributed by atoms with van der Waals surface area (Å²) in [6.45, 7) is 2.28. The molecule has 3 rings (SSSR count). The molecule has 0 aliphatic carbocycles. The number of carbonyl (C=O) groups is 4. The standard InChI is InChI=1S/C25H31N5O5/c1-2-20(32)27-12-4-3-5-17(24(34)35)13-19(31)16-9-6-15(7-10-16)8-11-18-14-28-22-21(18)23(33)30-25(26)29-22/h6-7,9-10,14,17,21H,2-5,8,11-13H2,1H3,(H,27,32)(H,34,35)(H3,26,28,29,30,33)/t17-,21?/m1/s1. The fourth-order valence-electron chi connectivity index (χ4n) is 4.07. The van der Waals surface area contributed by atoms with E-state index in [-0.39, 0.29) is 30.0 Å². The molecule has 5 N–H and O–H groups in total. The molecule has 2 amide bonds.